The van der Waals surface area contributed by atoms with Gasteiger partial charge in [0, 0.05) is 5.92 Å². The van der Waals surface area contributed by atoms with Crippen LogP contribution in [0.4, 0.5) is 4.39 Å². The smallest absolute Gasteiger partial charge is 0.264 e. The van der Waals surface area contributed by atoms with E-state index in [0.29, 0.717) is 6.42 Å². The zero-order chi connectivity index (χ0) is 18.7. The Labute approximate surface area is 147 Å². The summed E-state index contributed by atoms with van der Waals surface area (Å²) in [5.74, 6) is -1.18. The SMILES string of the molecule is CS(=O)(=O)OCC1CC=CC(c2ccc(F)cc2)C1COS(C)(=O)=O. The van der Waals surface area contributed by atoms with Crippen LogP contribution in [0, 0.1) is 17.7 Å². The highest BCUT2D eigenvalue weighted by atomic mass is 32.2. The van der Waals surface area contributed by atoms with E-state index in [1.54, 1.807) is 12.1 Å². The lowest BCUT2D eigenvalue weighted by atomic mass is 9.73. The van der Waals surface area contributed by atoms with Gasteiger partial charge < -0.3 is 0 Å². The first kappa shape index (κ1) is 20.0. The van der Waals surface area contributed by atoms with Crippen molar-refractivity contribution in [3.8, 4) is 0 Å². The maximum Gasteiger partial charge on any atom is 0.264 e. The number of rotatable bonds is 7. The average Bonchev–Trinajstić information content (AvgIpc) is 2.50. The van der Waals surface area contributed by atoms with Crippen LogP contribution in [-0.2, 0) is 28.6 Å². The molecule has 1 aliphatic rings. The van der Waals surface area contributed by atoms with E-state index in [1.807, 2.05) is 12.2 Å². The topological polar surface area (TPSA) is 86.7 Å². The molecule has 0 fully saturated rings. The van der Waals surface area contributed by atoms with Crippen molar-refractivity contribution in [2.24, 2.45) is 11.8 Å². The van der Waals surface area contributed by atoms with Gasteiger partial charge in [-0.2, -0.15) is 16.8 Å². The van der Waals surface area contributed by atoms with Crippen LogP contribution in [0.1, 0.15) is 17.9 Å². The Morgan fingerprint density at radius 2 is 1.56 bits per heavy atom. The Kier molecular flexibility index (Phi) is 6.36. The van der Waals surface area contributed by atoms with E-state index < -0.39 is 20.2 Å². The summed E-state index contributed by atoms with van der Waals surface area (Å²) in [6, 6.07) is 5.90. The first-order chi connectivity index (χ1) is 11.6. The summed E-state index contributed by atoms with van der Waals surface area (Å²) in [6.07, 6.45) is 6.25. The molecular formula is C16H21FO6S2. The standard InChI is InChI=1S/C16H21FO6S2/c1-24(18,19)22-10-13-4-3-5-15(12-6-8-14(17)9-7-12)16(13)11-23-25(2,20)21/h3,5-9,13,15-16H,4,10-11H2,1-2H3. The van der Waals surface area contributed by atoms with Crippen molar-refractivity contribution in [1.29, 1.82) is 0 Å². The van der Waals surface area contributed by atoms with Gasteiger partial charge in [0.15, 0.2) is 0 Å². The van der Waals surface area contributed by atoms with Crippen LogP contribution in [0.5, 0.6) is 0 Å². The third-order valence-corrected chi connectivity index (χ3v) is 5.20. The quantitative estimate of drug-likeness (QED) is 0.521. The molecule has 0 bridgehead atoms. The molecule has 0 saturated carbocycles. The van der Waals surface area contributed by atoms with Crippen molar-refractivity contribution in [2.75, 3.05) is 25.7 Å². The Balaban J connectivity index is 2.26. The Hall–Kier alpha value is -1.29. The van der Waals surface area contributed by atoms with Crippen LogP contribution in [0.25, 0.3) is 0 Å². The maximum absolute atomic E-state index is 13.2. The summed E-state index contributed by atoms with van der Waals surface area (Å²) in [5.41, 5.74) is 0.795. The largest absolute Gasteiger partial charge is 0.270 e. The fourth-order valence-electron chi connectivity index (χ4n) is 2.90. The van der Waals surface area contributed by atoms with E-state index in [9.17, 15) is 21.2 Å². The molecule has 2 rings (SSSR count). The lowest BCUT2D eigenvalue weighted by molar-refractivity contribution is 0.133. The van der Waals surface area contributed by atoms with E-state index in [-0.39, 0.29) is 36.8 Å². The van der Waals surface area contributed by atoms with Gasteiger partial charge in [0.05, 0.1) is 25.7 Å². The van der Waals surface area contributed by atoms with Gasteiger partial charge in [-0.25, -0.2) is 4.39 Å². The van der Waals surface area contributed by atoms with E-state index in [0.717, 1.165) is 18.1 Å². The van der Waals surface area contributed by atoms with Crippen molar-refractivity contribution in [2.45, 2.75) is 12.3 Å². The molecule has 0 spiro atoms. The predicted octanol–water partition coefficient (Wildman–Crippen LogP) is 2.05. The fourth-order valence-corrected chi connectivity index (χ4v) is 3.72. The van der Waals surface area contributed by atoms with Crippen molar-refractivity contribution in [3.05, 3.63) is 47.8 Å². The summed E-state index contributed by atoms with van der Waals surface area (Å²) in [5, 5.41) is 0. The normalized spacial score (nSPS) is 24.4. The molecule has 0 aliphatic heterocycles. The van der Waals surface area contributed by atoms with Gasteiger partial charge in [0.1, 0.15) is 5.82 Å². The van der Waals surface area contributed by atoms with Crippen LogP contribution in [0.2, 0.25) is 0 Å². The molecular weight excluding hydrogens is 371 g/mol. The molecule has 0 radical (unpaired) electrons. The Morgan fingerprint density at radius 3 is 2.12 bits per heavy atom. The maximum atomic E-state index is 13.2. The summed E-state index contributed by atoms with van der Waals surface area (Å²) in [7, 11) is -7.26. The predicted molar refractivity (Wildman–Crippen MR) is 91.5 cm³/mol. The Morgan fingerprint density at radius 1 is 1.00 bits per heavy atom. The molecule has 3 unspecified atom stereocenters. The third kappa shape index (κ3) is 6.50. The average molecular weight is 392 g/mol. The number of benzene rings is 1. The van der Waals surface area contributed by atoms with E-state index >= 15 is 0 Å². The highest BCUT2D eigenvalue weighted by Gasteiger charge is 2.33. The molecule has 9 heteroatoms. The number of allylic oxidation sites excluding steroid dienone is 2. The summed E-state index contributed by atoms with van der Waals surface area (Å²) in [6.45, 7) is -0.179. The lowest BCUT2D eigenvalue weighted by Crippen LogP contribution is -2.32. The van der Waals surface area contributed by atoms with Crippen LogP contribution in [0.3, 0.4) is 0 Å². The molecule has 0 heterocycles. The van der Waals surface area contributed by atoms with Gasteiger partial charge in [-0.05, 0) is 36.0 Å². The molecule has 1 aromatic rings. The molecule has 6 nitrogen and oxygen atoms in total. The number of hydrogen-bond acceptors (Lipinski definition) is 6. The van der Waals surface area contributed by atoms with Crippen molar-refractivity contribution in [1.82, 2.24) is 0 Å². The minimum absolute atomic E-state index is 0.0708. The van der Waals surface area contributed by atoms with Gasteiger partial charge in [0.25, 0.3) is 20.2 Å². The van der Waals surface area contributed by atoms with Gasteiger partial charge in [-0.3, -0.25) is 8.37 Å². The van der Waals surface area contributed by atoms with Crippen LogP contribution in [-0.4, -0.2) is 42.6 Å². The van der Waals surface area contributed by atoms with E-state index in [4.69, 9.17) is 8.37 Å². The van der Waals surface area contributed by atoms with Crippen LogP contribution in [0.15, 0.2) is 36.4 Å². The van der Waals surface area contributed by atoms with Crippen LogP contribution < -0.4 is 0 Å². The molecule has 140 valence electrons. The molecule has 25 heavy (non-hydrogen) atoms. The lowest BCUT2D eigenvalue weighted by Gasteiger charge is -2.34. The summed E-state index contributed by atoms with van der Waals surface area (Å²) in [4.78, 5) is 0. The third-order valence-electron chi connectivity index (χ3n) is 4.07. The number of halogens is 1. The molecule has 0 saturated heterocycles. The first-order valence-electron chi connectivity index (χ1n) is 7.66. The molecule has 3 atom stereocenters. The zero-order valence-electron chi connectivity index (χ0n) is 14.0. The second kappa shape index (κ2) is 7.94. The molecule has 1 aliphatic carbocycles. The Bertz CT molecular complexity index is 815. The highest BCUT2D eigenvalue weighted by molar-refractivity contribution is 7.86. The molecule has 0 aromatic heterocycles. The minimum Gasteiger partial charge on any atom is -0.270 e. The molecule has 0 amide bonds. The van der Waals surface area contributed by atoms with E-state index in [1.165, 1.54) is 12.1 Å². The van der Waals surface area contributed by atoms with Gasteiger partial charge in [0.2, 0.25) is 0 Å². The van der Waals surface area contributed by atoms with Crippen molar-refractivity contribution >= 4 is 20.2 Å². The fraction of sp³-hybridized carbons (Fsp3) is 0.500. The molecule has 0 N–H and O–H groups in total. The second-order valence-corrected chi connectivity index (χ2v) is 9.43. The molecule has 1 aromatic carbocycles. The monoisotopic (exact) mass is 392 g/mol. The van der Waals surface area contributed by atoms with Crippen LogP contribution >= 0.6 is 0 Å². The second-order valence-electron chi connectivity index (χ2n) is 6.14. The van der Waals surface area contributed by atoms with Crippen molar-refractivity contribution < 1.29 is 29.6 Å². The summed E-state index contributed by atoms with van der Waals surface area (Å²) < 4.78 is 68.3. The zero-order valence-corrected chi connectivity index (χ0v) is 15.6. The van der Waals surface area contributed by atoms with Gasteiger partial charge in [-0.15, -0.1) is 0 Å². The first-order valence-corrected chi connectivity index (χ1v) is 11.3. The van der Waals surface area contributed by atoms with Gasteiger partial charge >= 0.3 is 0 Å². The summed E-state index contributed by atoms with van der Waals surface area (Å²) >= 11 is 0. The number of hydrogen-bond donors (Lipinski definition) is 0. The van der Waals surface area contributed by atoms with Gasteiger partial charge in [-0.1, -0.05) is 24.3 Å². The highest BCUT2D eigenvalue weighted by Crippen LogP contribution is 2.38. The minimum atomic E-state index is -3.65. The van der Waals surface area contributed by atoms with Crippen molar-refractivity contribution in [3.63, 3.8) is 0 Å². The van der Waals surface area contributed by atoms with E-state index in [2.05, 4.69) is 0 Å².